The van der Waals surface area contributed by atoms with Crippen LogP contribution in [0.3, 0.4) is 0 Å². The van der Waals surface area contributed by atoms with Crippen molar-refractivity contribution in [2.45, 2.75) is 20.3 Å². The monoisotopic (exact) mass is 210 g/mol. The molecule has 1 aromatic rings. The highest BCUT2D eigenvalue weighted by atomic mass is 16.5. The SMILES string of the molecule is CCCN(CC)c1ncnc(N)c1OC. The van der Waals surface area contributed by atoms with E-state index < -0.39 is 0 Å². The summed E-state index contributed by atoms with van der Waals surface area (Å²) in [6, 6.07) is 0. The van der Waals surface area contributed by atoms with Crippen molar-refractivity contribution in [2.75, 3.05) is 30.8 Å². The Labute approximate surface area is 90.3 Å². The standard InChI is InChI=1S/C10H18N4O/c1-4-6-14(5-2)10-8(15-3)9(11)12-7-13-10/h7H,4-6H2,1-3H3,(H2,11,12,13). The van der Waals surface area contributed by atoms with E-state index in [0.29, 0.717) is 11.6 Å². The molecule has 0 aliphatic carbocycles. The van der Waals surface area contributed by atoms with Gasteiger partial charge in [-0.05, 0) is 13.3 Å². The van der Waals surface area contributed by atoms with Crippen LogP contribution in [-0.4, -0.2) is 30.2 Å². The lowest BCUT2D eigenvalue weighted by molar-refractivity contribution is 0.412. The summed E-state index contributed by atoms with van der Waals surface area (Å²) < 4.78 is 5.21. The Morgan fingerprint density at radius 1 is 1.40 bits per heavy atom. The van der Waals surface area contributed by atoms with Gasteiger partial charge in [-0.15, -0.1) is 0 Å². The highest BCUT2D eigenvalue weighted by Gasteiger charge is 2.14. The van der Waals surface area contributed by atoms with E-state index in [4.69, 9.17) is 10.5 Å². The van der Waals surface area contributed by atoms with Gasteiger partial charge in [-0.2, -0.15) is 0 Å². The fourth-order valence-electron chi connectivity index (χ4n) is 1.48. The molecule has 0 saturated carbocycles. The molecule has 0 saturated heterocycles. The molecule has 1 rings (SSSR count). The molecular weight excluding hydrogens is 192 g/mol. The highest BCUT2D eigenvalue weighted by Crippen LogP contribution is 2.29. The smallest absolute Gasteiger partial charge is 0.204 e. The number of anilines is 2. The first kappa shape index (κ1) is 11.6. The van der Waals surface area contributed by atoms with Crippen molar-refractivity contribution >= 4 is 11.6 Å². The number of rotatable bonds is 5. The van der Waals surface area contributed by atoms with Gasteiger partial charge in [0.15, 0.2) is 11.6 Å². The van der Waals surface area contributed by atoms with E-state index in [1.54, 1.807) is 7.11 Å². The van der Waals surface area contributed by atoms with Crippen molar-refractivity contribution in [1.82, 2.24) is 9.97 Å². The summed E-state index contributed by atoms with van der Waals surface area (Å²) in [6.07, 6.45) is 2.52. The van der Waals surface area contributed by atoms with E-state index in [-0.39, 0.29) is 0 Å². The van der Waals surface area contributed by atoms with Crippen LogP contribution in [0.15, 0.2) is 6.33 Å². The van der Waals surface area contributed by atoms with Crippen LogP contribution >= 0.6 is 0 Å². The van der Waals surface area contributed by atoms with Crippen molar-refractivity contribution < 1.29 is 4.74 Å². The van der Waals surface area contributed by atoms with Crippen LogP contribution in [0, 0.1) is 0 Å². The molecule has 0 atom stereocenters. The van der Waals surface area contributed by atoms with Gasteiger partial charge in [0.25, 0.3) is 0 Å². The lowest BCUT2D eigenvalue weighted by Crippen LogP contribution is -2.25. The van der Waals surface area contributed by atoms with Crippen molar-refractivity contribution in [3.8, 4) is 5.75 Å². The molecule has 0 unspecified atom stereocenters. The van der Waals surface area contributed by atoms with Crippen LogP contribution in [0.2, 0.25) is 0 Å². The summed E-state index contributed by atoms with van der Waals surface area (Å²) >= 11 is 0. The molecule has 15 heavy (non-hydrogen) atoms. The molecule has 0 fully saturated rings. The van der Waals surface area contributed by atoms with E-state index in [1.165, 1.54) is 6.33 Å². The largest absolute Gasteiger partial charge is 0.490 e. The van der Waals surface area contributed by atoms with Gasteiger partial charge in [-0.25, -0.2) is 9.97 Å². The number of nitrogen functional groups attached to an aromatic ring is 1. The van der Waals surface area contributed by atoms with Crippen LogP contribution in [0.5, 0.6) is 5.75 Å². The van der Waals surface area contributed by atoms with Crippen molar-refractivity contribution in [3.05, 3.63) is 6.33 Å². The minimum absolute atomic E-state index is 0.386. The minimum atomic E-state index is 0.386. The predicted octanol–water partition coefficient (Wildman–Crippen LogP) is 1.30. The van der Waals surface area contributed by atoms with Crippen LogP contribution in [0.4, 0.5) is 11.6 Å². The average Bonchev–Trinajstić information content (AvgIpc) is 2.25. The van der Waals surface area contributed by atoms with Gasteiger partial charge in [-0.1, -0.05) is 6.92 Å². The zero-order valence-corrected chi connectivity index (χ0v) is 9.53. The number of nitrogens with two attached hydrogens (primary N) is 1. The number of hydrogen-bond acceptors (Lipinski definition) is 5. The molecule has 0 aliphatic rings. The summed E-state index contributed by atoms with van der Waals surface area (Å²) in [7, 11) is 1.58. The molecule has 0 radical (unpaired) electrons. The lowest BCUT2D eigenvalue weighted by Gasteiger charge is -2.23. The number of nitrogens with zero attached hydrogens (tertiary/aromatic N) is 3. The molecule has 2 N–H and O–H groups in total. The maximum atomic E-state index is 5.72. The molecule has 0 aliphatic heterocycles. The molecule has 0 bridgehead atoms. The van der Waals surface area contributed by atoms with E-state index in [0.717, 1.165) is 25.3 Å². The summed E-state index contributed by atoms with van der Waals surface area (Å²) in [6.45, 7) is 6.01. The maximum Gasteiger partial charge on any atom is 0.204 e. The number of methoxy groups -OCH3 is 1. The van der Waals surface area contributed by atoms with Gasteiger partial charge in [0, 0.05) is 13.1 Å². The van der Waals surface area contributed by atoms with E-state index in [2.05, 4.69) is 28.7 Å². The molecule has 1 heterocycles. The molecule has 5 nitrogen and oxygen atoms in total. The second-order valence-electron chi connectivity index (χ2n) is 3.20. The predicted molar refractivity (Wildman–Crippen MR) is 61.2 cm³/mol. The second-order valence-corrected chi connectivity index (χ2v) is 3.20. The first-order valence-corrected chi connectivity index (χ1v) is 5.13. The van der Waals surface area contributed by atoms with E-state index in [9.17, 15) is 0 Å². The van der Waals surface area contributed by atoms with Crippen molar-refractivity contribution in [3.63, 3.8) is 0 Å². The quantitative estimate of drug-likeness (QED) is 0.793. The third kappa shape index (κ3) is 2.49. The van der Waals surface area contributed by atoms with Crippen molar-refractivity contribution in [1.29, 1.82) is 0 Å². The lowest BCUT2D eigenvalue weighted by atomic mass is 10.3. The van der Waals surface area contributed by atoms with Crippen LogP contribution in [0.25, 0.3) is 0 Å². The molecule has 84 valence electrons. The van der Waals surface area contributed by atoms with Crippen LogP contribution < -0.4 is 15.4 Å². The highest BCUT2D eigenvalue weighted by molar-refractivity contribution is 5.62. The van der Waals surface area contributed by atoms with Crippen LogP contribution in [-0.2, 0) is 0 Å². The molecule has 0 amide bonds. The second kappa shape index (κ2) is 5.38. The summed E-state index contributed by atoms with van der Waals surface area (Å²) in [5.41, 5.74) is 5.72. The Hall–Kier alpha value is -1.52. The zero-order valence-electron chi connectivity index (χ0n) is 9.53. The normalized spacial score (nSPS) is 10.1. The summed E-state index contributed by atoms with van der Waals surface area (Å²) in [5, 5.41) is 0. The average molecular weight is 210 g/mol. The van der Waals surface area contributed by atoms with E-state index in [1.807, 2.05) is 0 Å². The van der Waals surface area contributed by atoms with Crippen molar-refractivity contribution in [2.24, 2.45) is 0 Å². The van der Waals surface area contributed by atoms with Gasteiger partial charge in [0.1, 0.15) is 6.33 Å². The Balaban J connectivity index is 3.04. The topological polar surface area (TPSA) is 64.3 Å². The fourth-order valence-corrected chi connectivity index (χ4v) is 1.48. The third-order valence-electron chi connectivity index (χ3n) is 2.19. The van der Waals surface area contributed by atoms with Gasteiger partial charge in [0.05, 0.1) is 7.11 Å². The molecule has 1 aromatic heterocycles. The molecule has 5 heteroatoms. The first-order chi connectivity index (χ1) is 7.24. The van der Waals surface area contributed by atoms with Crippen LogP contribution in [0.1, 0.15) is 20.3 Å². The number of aromatic nitrogens is 2. The fraction of sp³-hybridized carbons (Fsp3) is 0.600. The Bertz CT molecular complexity index is 316. The molecular formula is C10H18N4O. The Morgan fingerprint density at radius 2 is 2.13 bits per heavy atom. The number of ether oxygens (including phenoxy) is 1. The number of hydrogen-bond donors (Lipinski definition) is 1. The maximum absolute atomic E-state index is 5.72. The summed E-state index contributed by atoms with van der Waals surface area (Å²) in [4.78, 5) is 10.2. The molecule has 0 spiro atoms. The first-order valence-electron chi connectivity index (χ1n) is 5.13. The minimum Gasteiger partial charge on any atom is -0.490 e. The Kier molecular flexibility index (Phi) is 4.15. The summed E-state index contributed by atoms with van der Waals surface area (Å²) in [5.74, 6) is 1.72. The van der Waals surface area contributed by atoms with Gasteiger partial charge >= 0.3 is 0 Å². The van der Waals surface area contributed by atoms with E-state index >= 15 is 0 Å². The van der Waals surface area contributed by atoms with Gasteiger partial charge in [-0.3, -0.25) is 0 Å². The zero-order chi connectivity index (χ0) is 11.3. The van der Waals surface area contributed by atoms with Gasteiger partial charge in [0.2, 0.25) is 5.75 Å². The third-order valence-corrected chi connectivity index (χ3v) is 2.19. The molecule has 0 aromatic carbocycles. The Morgan fingerprint density at radius 3 is 2.67 bits per heavy atom. The van der Waals surface area contributed by atoms with Gasteiger partial charge < -0.3 is 15.4 Å².